The van der Waals surface area contributed by atoms with Gasteiger partial charge in [0.15, 0.2) is 0 Å². The van der Waals surface area contributed by atoms with Crippen LogP contribution in [0.2, 0.25) is 0 Å². The summed E-state index contributed by atoms with van der Waals surface area (Å²) in [5, 5.41) is 7.49. The number of ether oxygens (including phenoxy) is 3. The van der Waals surface area contributed by atoms with Gasteiger partial charge in [-0.1, -0.05) is 323 Å². The predicted octanol–water partition coefficient (Wildman–Crippen LogP) is 27.4. The molecule has 0 aliphatic rings. The van der Waals surface area contributed by atoms with E-state index in [0.29, 0.717) is 10.8 Å². The van der Waals surface area contributed by atoms with E-state index in [1.54, 1.807) is 27.0 Å². The molecule has 0 N–H and O–H groups in total. The van der Waals surface area contributed by atoms with Gasteiger partial charge in [-0.25, -0.2) is 4.79 Å². The quantitative estimate of drug-likeness (QED) is 0.0464. The summed E-state index contributed by atoms with van der Waals surface area (Å²) in [5.74, 6) is 12.2. The molecule has 0 unspecified atom stereocenters. The number of benzene rings is 7. The lowest BCUT2D eigenvalue weighted by Crippen LogP contribution is -2.24. The molecule has 109 heavy (non-hydrogen) atoms. The van der Waals surface area contributed by atoms with Crippen LogP contribution in [0.1, 0.15) is 244 Å². The topological polar surface area (TPSA) is 95.3 Å². The SMILES string of the molecule is C#CC#CC#CC(C)(C)C.C=CC(=O)OCCOC(=O)CCC(=O)OC(C)(C)C.CC(C)(C)C.CC(C)(C)c1ccc(-c2ccccc2)cc1.CC(C)(C)c1ccc2ccccc2c1.CC(C)(C)c1cccc2ccccc12.CC(C)(C)c1ccco1.CC(C)(C)c1cccs1.CN(C)c1ccc(C(C)(C)C)cc1.[HH].[HH].[HH]. The number of carbonyl (C=O) groups is 3. The zero-order chi connectivity index (χ0) is 83.3. The third kappa shape index (κ3) is 44.7. The lowest BCUT2D eigenvalue weighted by Gasteiger charge is -2.21. The number of thiophene rings is 1. The highest BCUT2D eigenvalue weighted by Gasteiger charge is 2.21. The van der Waals surface area contributed by atoms with Gasteiger partial charge in [0.2, 0.25) is 0 Å². The van der Waals surface area contributed by atoms with E-state index >= 15 is 0 Å². The summed E-state index contributed by atoms with van der Waals surface area (Å²) in [6.07, 6.45) is 7.51. The van der Waals surface area contributed by atoms with E-state index < -0.39 is 23.5 Å². The van der Waals surface area contributed by atoms with Crippen LogP contribution in [0.3, 0.4) is 0 Å². The molecule has 9 aromatic rings. The highest BCUT2D eigenvalue weighted by molar-refractivity contribution is 7.10. The zero-order valence-electron chi connectivity index (χ0n) is 72.5. The van der Waals surface area contributed by atoms with E-state index in [9.17, 15) is 14.4 Å². The highest BCUT2D eigenvalue weighted by atomic mass is 32.1. The number of rotatable bonds is 9. The summed E-state index contributed by atoms with van der Waals surface area (Å²) in [4.78, 5) is 36.8. The Morgan fingerprint density at radius 2 is 0.945 bits per heavy atom. The molecule has 0 aliphatic heterocycles. The second-order valence-electron chi connectivity index (χ2n) is 36.5. The second-order valence-corrected chi connectivity index (χ2v) is 37.4. The minimum absolute atomic E-state index is 0. The number of furan rings is 1. The van der Waals surface area contributed by atoms with Crippen LogP contribution in [0.25, 0.3) is 32.7 Å². The molecule has 9 heteroatoms. The monoisotopic (exact) mass is 1500 g/mol. The van der Waals surface area contributed by atoms with Crippen molar-refractivity contribution < 1.29 is 37.3 Å². The van der Waals surface area contributed by atoms with Gasteiger partial charge in [0.1, 0.15) is 24.6 Å². The fourth-order valence-electron chi connectivity index (χ4n) is 9.31. The Bertz CT molecular complexity index is 4230. The van der Waals surface area contributed by atoms with Crippen molar-refractivity contribution in [3.63, 3.8) is 0 Å². The average molecular weight is 1500 g/mol. The number of terminal acetylenes is 1. The first-order valence-electron chi connectivity index (χ1n) is 37.8. The maximum Gasteiger partial charge on any atom is 0.330 e. The van der Waals surface area contributed by atoms with Crippen molar-refractivity contribution >= 4 is 56.5 Å². The van der Waals surface area contributed by atoms with E-state index in [1.807, 2.05) is 50.3 Å². The van der Waals surface area contributed by atoms with Crippen LogP contribution in [0.15, 0.2) is 217 Å². The number of carbonyl (C=O) groups excluding carboxylic acids is 3. The summed E-state index contributed by atoms with van der Waals surface area (Å²) in [6.45, 7) is 63.2. The fourth-order valence-corrected chi connectivity index (χ4v) is 10.1. The van der Waals surface area contributed by atoms with Crippen LogP contribution in [0.4, 0.5) is 5.69 Å². The molecule has 7 aromatic carbocycles. The summed E-state index contributed by atoms with van der Waals surface area (Å²) < 4.78 is 19.6. The molecule has 0 saturated carbocycles. The van der Waals surface area contributed by atoms with Crippen LogP contribution < -0.4 is 4.90 Å². The Morgan fingerprint density at radius 1 is 0.468 bits per heavy atom. The molecule has 2 heterocycles. The molecule has 0 atom stereocenters. The van der Waals surface area contributed by atoms with Gasteiger partial charge in [-0.3, -0.25) is 9.59 Å². The van der Waals surface area contributed by atoms with E-state index in [4.69, 9.17) is 20.3 Å². The highest BCUT2D eigenvalue weighted by Crippen LogP contribution is 2.32. The molecule has 0 amide bonds. The number of hydrogen-bond acceptors (Lipinski definition) is 9. The number of nitrogens with zero attached hydrogens (tertiary/aromatic N) is 1. The maximum absolute atomic E-state index is 11.3. The molecule has 0 spiro atoms. The molecule has 2 aromatic heterocycles. The minimum Gasteiger partial charge on any atom is -0.469 e. The molecular weight excluding hydrogens is 1360 g/mol. The third-order valence-corrected chi connectivity index (χ3v) is 16.5. The predicted molar refractivity (Wildman–Crippen MR) is 478 cm³/mol. The van der Waals surface area contributed by atoms with Crippen molar-refractivity contribution in [2.75, 3.05) is 32.2 Å². The van der Waals surface area contributed by atoms with Crippen molar-refractivity contribution in [1.29, 1.82) is 0 Å². The third-order valence-electron chi connectivity index (χ3n) is 15.2. The Kier molecular flexibility index (Phi) is 40.9. The second kappa shape index (κ2) is 45.6. The summed E-state index contributed by atoms with van der Waals surface area (Å²) in [6, 6.07) is 66.6. The van der Waals surface area contributed by atoms with Gasteiger partial charge in [-0.2, -0.15) is 0 Å². The van der Waals surface area contributed by atoms with E-state index in [-0.39, 0.29) is 62.8 Å². The molecule has 0 radical (unpaired) electrons. The van der Waals surface area contributed by atoms with Gasteiger partial charge in [-0.05, 0) is 188 Å². The van der Waals surface area contributed by atoms with Crippen molar-refractivity contribution in [2.24, 2.45) is 10.8 Å². The Balaban J connectivity index is -0.00000121. The van der Waals surface area contributed by atoms with Gasteiger partial charge in [0.25, 0.3) is 0 Å². The summed E-state index contributed by atoms with van der Waals surface area (Å²) >= 11 is 1.83. The molecule has 9 rings (SSSR count). The van der Waals surface area contributed by atoms with Crippen LogP contribution in [0.5, 0.6) is 0 Å². The van der Waals surface area contributed by atoms with Crippen molar-refractivity contribution in [2.45, 2.75) is 245 Å². The van der Waals surface area contributed by atoms with Crippen molar-refractivity contribution in [1.82, 2.24) is 0 Å². The first kappa shape index (κ1) is 97.7. The lowest BCUT2D eigenvalue weighted by molar-refractivity contribution is -0.158. The zero-order valence-corrected chi connectivity index (χ0v) is 73.3. The van der Waals surface area contributed by atoms with Gasteiger partial charge >= 0.3 is 17.9 Å². The first-order valence-corrected chi connectivity index (χ1v) is 38.7. The number of hydrogen-bond donors (Lipinski definition) is 0. The Hall–Kier alpha value is -9.33. The Morgan fingerprint density at radius 3 is 1.38 bits per heavy atom. The normalized spacial score (nSPS) is 11.2. The number of fused-ring (bicyclic) bond motifs is 2. The molecular formula is C100H141NO7S. The van der Waals surface area contributed by atoms with Crippen LogP contribution >= 0.6 is 11.3 Å². The van der Waals surface area contributed by atoms with Gasteiger partial charge < -0.3 is 23.5 Å². The molecule has 0 aliphatic carbocycles. The smallest absolute Gasteiger partial charge is 0.330 e. The molecule has 594 valence electrons. The number of anilines is 1. The fraction of sp³-hybridized carbons (Fsp3) is 0.430. The van der Waals surface area contributed by atoms with Gasteiger partial charge in [0.05, 0.1) is 19.1 Å². The van der Waals surface area contributed by atoms with Crippen molar-refractivity contribution in [3.05, 3.63) is 245 Å². The van der Waals surface area contributed by atoms with E-state index in [1.165, 1.54) is 65.5 Å². The van der Waals surface area contributed by atoms with E-state index in [2.05, 4.69) is 387 Å². The molecule has 8 nitrogen and oxygen atoms in total. The first-order chi connectivity index (χ1) is 50.2. The molecule has 0 saturated heterocycles. The summed E-state index contributed by atoms with van der Waals surface area (Å²) in [7, 11) is 4.12. The standard InChI is InChI=1S/C16H18.2C14H16.C13H20O6.C12H19N.C10H10.C8H12O.C8H12S.C5H12.3H2/c1-16(2,3)15-11-9-14(10-12-15)13-7-5-4-6-8-13;1-14(2,3)13-10-6-8-11-7-4-5-9-12(11)13;1-14(2,3)13-9-8-11-6-4-5-7-12(11)10-13;1-5-10(14)17-8-9-18-11(15)6-7-12(16)19-13(2,3)4;1-12(2,3)10-6-8-11(9-7-10)13(4)5;1-5-6-7-8-9-10(2,3)4;2*1-8(2,3)7-5-4-6-9-7;1-5(2,3)4;;;/h4-12H,1-3H3;2*4-10H,1-3H3;5H,1,6-9H2,2-4H3;6-9H,1-5H3;1H,2-4H3;2*4-6H,1-3H3;1-4H3;3*1H. The van der Waals surface area contributed by atoms with E-state index in [0.717, 1.165) is 11.8 Å². The van der Waals surface area contributed by atoms with Gasteiger partial charge in [-0.15, -0.1) is 17.8 Å². The summed E-state index contributed by atoms with van der Waals surface area (Å²) in [5.41, 5.74) is 10.8. The maximum atomic E-state index is 11.3. The van der Waals surface area contributed by atoms with Gasteiger partial charge in [0, 0.05) is 45.8 Å². The Labute approximate surface area is 670 Å². The lowest BCUT2D eigenvalue weighted by atomic mass is 9.84. The van der Waals surface area contributed by atoms with Crippen LogP contribution in [-0.4, -0.2) is 50.8 Å². The number of esters is 3. The van der Waals surface area contributed by atoms with Crippen LogP contribution in [0, 0.1) is 46.9 Å². The van der Waals surface area contributed by atoms with Crippen LogP contribution in [-0.2, 0) is 61.1 Å². The molecule has 0 bridgehead atoms. The molecule has 0 fully saturated rings. The average Bonchev–Trinajstić information content (AvgIpc) is 1.05. The minimum atomic E-state index is -0.579. The largest absolute Gasteiger partial charge is 0.469 e. The van der Waals surface area contributed by atoms with Crippen molar-refractivity contribution in [3.8, 4) is 47.2 Å².